The van der Waals surface area contributed by atoms with Crippen molar-refractivity contribution in [3.63, 3.8) is 0 Å². The zero-order valence-corrected chi connectivity index (χ0v) is 22.4. The van der Waals surface area contributed by atoms with Gasteiger partial charge in [0.15, 0.2) is 0 Å². The largest absolute Gasteiger partial charge is 0.337 e. The molecule has 1 N–H and O–H groups in total. The highest BCUT2D eigenvalue weighted by Crippen LogP contribution is 2.23. The second-order valence-corrected chi connectivity index (χ2v) is 10.5. The minimum absolute atomic E-state index is 0.157. The maximum Gasteiger partial charge on any atom is 0.240 e. The first-order chi connectivity index (χ1) is 18.6. The number of hydrogen-bond acceptors (Lipinski definition) is 6. The lowest BCUT2D eigenvalue weighted by molar-refractivity contribution is -0.133. The summed E-state index contributed by atoms with van der Waals surface area (Å²) in [5.41, 5.74) is 3.90. The van der Waals surface area contributed by atoms with Gasteiger partial charge in [-0.25, -0.2) is 4.98 Å². The Morgan fingerprint density at radius 1 is 1.08 bits per heavy atom. The summed E-state index contributed by atoms with van der Waals surface area (Å²) in [5, 5.41) is 13.2. The fourth-order valence-electron chi connectivity index (χ4n) is 5.34. The van der Waals surface area contributed by atoms with Gasteiger partial charge in [-0.1, -0.05) is 35.9 Å². The van der Waals surface area contributed by atoms with Crippen molar-refractivity contribution in [3.8, 4) is 6.07 Å². The average Bonchev–Trinajstić information content (AvgIpc) is 3.53. The molecule has 1 atom stereocenters. The summed E-state index contributed by atoms with van der Waals surface area (Å²) in [5.74, 6) is 0.184. The maximum absolute atomic E-state index is 13.6. The predicted molar refractivity (Wildman–Crippen MR) is 147 cm³/mol. The van der Waals surface area contributed by atoms with Crippen LogP contribution < -0.4 is 5.32 Å². The first-order valence-corrected chi connectivity index (χ1v) is 13.7. The molecule has 2 saturated heterocycles. The molecular weight excluding hydrogens is 498 g/mol. The smallest absolute Gasteiger partial charge is 0.240 e. The van der Waals surface area contributed by atoms with Crippen molar-refractivity contribution < 1.29 is 4.79 Å². The lowest BCUT2D eigenvalue weighted by Crippen LogP contribution is -2.49. The molecule has 8 nitrogen and oxygen atoms in total. The Hall–Kier alpha value is -3.22. The highest BCUT2D eigenvalue weighted by atomic mass is 35.5. The van der Waals surface area contributed by atoms with Crippen LogP contribution in [-0.2, 0) is 24.4 Å². The number of carbonyl (C=O) groups excluding carboxylic acids is 1. The Labute approximate surface area is 229 Å². The molecule has 2 aliphatic rings. The van der Waals surface area contributed by atoms with Crippen LogP contribution in [0.2, 0.25) is 5.02 Å². The number of likely N-dealkylation sites (tertiary alicyclic amines) is 1. The molecule has 2 fully saturated rings. The number of carbonyl (C=O) groups is 1. The van der Waals surface area contributed by atoms with Gasteiger partial charge in [0.2, 0.25) is 5.91 Å². The lowest BCUT2D eigenvalue weighted by Gasteiger charge is -2.33. The minimum atomic E-state index is -0.157. The van der Waals surface area contributed by atoms with Crippen LogP contribution in [0.5, 0.6) is 0 Å². The van der Waals surface area contributed by atoms with Crippen molar-refractivity contribution in [2.24, 2.45) is 0 Å². The second kappa shape index (κ2) is 12.5. The fourth-order valence-corrected chi connectivity index (χ4v) is 5.55. The second-order valence-electron chi connectivity index (χ2n) is 10.1. The van der Waals surface area contributed by atoms with E-state index in [1.807, 2.05) is 66.0 Å². The average molecular weight is 532 g/mol. The van der Waals surface area contributed by atoms with Crippen molar-refractivity contribution in [2.45, 2.75) is 32.1 Å². The number of aromatic nitrogens is 2. The van der Waals surface area contributed by atoms with Crippen LogP contribution in [0.1, 0.15) is 28.8 Å². The van der Waals surface area contributed by atoms with E-state index in [9.17, 15) is 4.79 Å². The van der Waals surface area contributed by atoms with Crippen molar-refractivity contribution in [2.75, 3.05) is 45.8 Å². The van der Waals surface area contributed by atoms with E-state index in [0.717, 1.165) is 69.1 Å². The van der Waals surface area contributed by atoms with Crippen LogP contribution in [0.15, 0.2) is 61.1 Å². The summed E-state index contributed by atoms with van der Waals surface area (Å²) < 4.78 is 2.14. The van der Waals surface area contributed by atoms with E-state index >= 15 is 0 Å². The summed E-state index contributed by atoms with van der Waals surface area (Å²) in [6.07, 6.45) is 4.57. The molecule has 1 unspecified atom stereocenters. The number of imidazole rings is 1. The molecule has 5 rings (SSSR count). The molecule has 9 heteroatoms. The third-order valence-corrected chi connectivity index (χ3v) is 7.72. The molecule has 3 aromatic rings. The Kier molecular flexibility index (Phi) is 8.72. The highest BCUT2D eigenvalue weighted by molar-refractivity contribution is 6.30. The summed E-state index contributed by atoms with van der Waals surface area (Å²) in [6.45, 7) is 8.49. The van der Waals surface area contributed by atoms with Crippen molar-refractivity contribution in [3.05, 3.63) is 88.5 Å². The van der Waals surface area contributed by atoms with Gasteiger partial charge in [0, 0.05) is 76.7 Å². The summed E-state index contributed by atoms with van der Waals surface area (Å²) >= 11 is 6.19. The maximum atomic E-state index is 13.6. The fraction of sp³-hybridized carbons (Fsp3) is 0.414. The quantitative estimate of drug-likeness (QED) is 0.433. The van der Waals surface area contributed by atoms with E-state index in [1.54, 1.807) is 0 Å². The monoisotopic (exact) mass is 531 g/mol. The number of nitrogens with one attached hydrogen (secondary N) is 1. The van der Waals surface area contributed by atoms with Gasteiger partial charge in [-0.15, -0.1) is 0 Å². The van der Waals surface area contributed by atoms with Gasteiger partial charge >= 0.3 is 0 Å². The van der Waals surface area contributed by atoms with Crippen LogP contribution in [0.4, 0.5) is 0 Å². The Morgan fingerprint density at radius 3 is 2.66 bits per heavy atom. The standard InChI is InChI=1S/C29H34ClN7O/c30-26-3-1-2-25(16-26)20-36-11-8-28(29(36)38)35(15-14-34-12-9-32-10-13-34)21-27-18-33-22-37(27)19-24-6-4-23(17-31)5-7-24/h1-7,16,18,22,28,32H,8-15,19-21H2. The molecule has 3 heterocycles. The number of rotatable bonds is 10. The Balaban J connectivity index is 1.30. The topological polar surface area (TPSA) is 80.4 Å². The van der Waals surface area contributed by atoms with Gasteiger partial charge in [-0.05, 0) is 41.8 Å². The summed E-state index contributed by atoms with van der Waals surface area (Å²) in [4.78, 5) is 24.8. The summed E-state index contributed by atoms with van der Waals surface area (Å²) in [7, 11) is 0. The number of halogens is 1. The molecule has 198 valence electrons. The first-order valence-electron chi connectivity index (χ1n) is 13.3. The SMILES string of the molecule is N#Cc1ccc(Cn2cncc2CN(CCN2CCNCC2)C2CCN(Cc3cccc(Cl)c3)C2=O)cc1. The molecular formula is C29H34ClN7O. The molecule has 0 aliphatic carbocycles. The number of benzene rings is 2. The Morgan fingerprint density at radius 2 is 1.89 bits per heavy atom. The van der Waals surface area contributed by atoms with E-state index in [1.165, 1.54) is 0 Å². The Bertz CT molecular complexity index is 1260. The van der Waals surface area contributed by atoms with Crippen LogP contribution in [0.3, 0.4) is 0 Å². The highest BCUT2D eigenvalue weighted by Gasteiger charge is 2.36. The van der Waals surface area contributed by atoms with Gasteiger partial charge in [-0.3, -0.25) is 14.6 Å². The van der Waals surface area contributed by atoms with E-state index in [0.29, 0.717) is 30.2 Å². The third-order valence-electron chi connectivity index (χ3n) is 7.49. The number of amides is 1. The van der Waals surface area contributed by atoms with Gasteiger partial charge in [0.1, 0.15) is 0 Å². The molecule has 2 aromatic carbocycles. The van der Waals surface area contributed by atoms with Crippen LogP contribution in [-0.4, -0.2) is 82.0 Å². The van der Waals surface area contributed by atoms with E-state index < -0.39 is 0 Å². The van der Waals surface area contributed by atoms with Gasteiger partial charge < -0.3 is 14.8 Å². The normalized spacial score (nSPS) is 18.3. The lowest BCUT2D eigenvalue weighted by atomic mass is 10.1. The first kappa shape index (κ1) is 26.4. The van der Waals surface area contributed by atoms with Gasteiger partial charge in [0.05, 0.1) is 29.7 Å². The van der Waals surface area contributed by atoms with E-state index in [4.69, 9.17) is 16.9 Å². The molecule has 1 amide bonds. The third kappa shape index (κ3) is 6.61. The van der Waals surface area contributed by atoms with Crippen LogP contribution in [0.25, 0.3) is 0 Å². The molecule has 0 saturated carbocycles. The van der Waals surface area contributed by atoms with Crippen LogP contribution >= 0.6 is 11.6 Å². The van der Waals surface area contributed by atoms with E-state index in [-0.39, 0.29) is 11.9 Å². The zero-order valence-electron chi connectivity index (χ0n) is 21.6. The van der Waals surface area contributed by atoms with Gasteiger partial charge in [-0.2, -0.15) is 5.26 Å². The molecule has 2 aliphatic heterocycles. The zero-order chi connectivity index (χ0) is 26.3. The van der Waals surface area contributed by atoms with Crippen molar-refractivity contribution in [1.29, 1.82) is 5.26 Å². The van der Waals surface area contributed by atoms with Crippen molar-refractivity contribution >= 4 is 17.5 Å². The van der Waals surface area contributed by atoms with Gasteiger partial charge in [0.25, 0.3) is 0 Å². The van der Waals surface area contributed by atoms with E-state index in [2.05, 4.69) is 30.7 Å². The number of hydrogen-bond donors (Lipinski definition) is 1. The number of nitriles is 1. The molecule has 1 aromatic heterocycles. The predicted octanol–water partition coefficient (Wildman–Crippen LogP) is 2.96. The molecule has 0 spiro atoms. The van der Waals surface area contributed by atoms with Crippen molar-refractivity contribution in [1.82, 2.24) is 29.6 Å². The number of nitrogens with zero attached hydrogens (tertiary/aromatic N) is 6. The number of piperazine rings is 1. The van der Waals surface area contributed by atoms with Crippen LogP contribution in [0, 0.1) is 11.3 Å². The molecule has 0 radical (unpaired) electrons. The molecule has 0 bridgehead atoms. The summed E-state index contributed by atoms with van der Waals surface area (Å²) in [6, 6.07) is 17.4. The molecule has 38 heavy (non-hydrogen) atoms. The minimum Gasteiger partial charge on any atom is -0.337 e.